The van der Waals surface area contributed by atoms with Crippen molar-refractivity contribution in [2.75, 3.05) is 19.5 Å². The average molecular weight is 385 g/mol. The molecule has 4 aromatic rings. The summed E-state index contributed by atoms with van der Waals surface area (Å²) in [6, 6.07) is 13.7. The van der Waals surface area contributed by atoms with E-state index in [0.717, 1.165) is 16.5 Å². The van der Waals surface area contributed by atoms with Gasteiger partial charge in [-0.15, -0.1) is 0 Å². The molecule has 2 aromatic heterocycles. The second kappa shape index (κ2) is 7.52. The number of fused-ring (bicyclic) bond motifs is 1. The molecule has 0 atom stereocenters. The van der Waals surface area contributed by atoms with Crippen molar-refractivity contribution in [1.29, 1.82) is 5.26 Å². The smallest absolute Gasteiger partial charge is 0.163 e. The predicted octanol–water partition coefficient (Wildman–Crippen LogP) is 4.42. The number of rotatable bonds is 4. The summed E-state index contributed by atoms with van der Waals surface area (Å²) in [6.45, 7) is 0. The fourth-order valence-corrected chi connectivity index (χ4v) is 3.12. The number of nitrogens with one attached hydrogen (secondary N) is 1. The second-order valence-electron chi connectivity index (χ2n) is 6.27. The maximum atomic E-state index is 14.1. The Hall–Kier alpha value is -4.05. The van der Waals surface area contributed by atoms with Crippen molar-refractivity contribution < 1.29 is 9.13 Å². The lowest BCUT2D eigenvalue weighted by Gasteiger charge is -2.13. The van der Waals surface area contributed by atoms with Gasteiger partial charge in [-0.3, -0.25) is 4.98 Å². The molecule has 2 aromatic carbocycles. The third-order valence-electron chi connectivity index (χ3n) is 4.56. The zero-order valence-corrected chi connectivity index (χ0v) is 15.8. The Bertz CT molecular complexity index is 1250. The van der Waals surface area contributed by atoms with Gasteiger partial charge in [0.1, 0.15) is 29.0 Å². The fraction of sp³-hybridized carbons (Fsp3) is 0.0909. The van der Waals surface area contributed by atoms with Gasteiger partial charge in [0.05, 0.1) is 12.7 Å². The number of ether oxygens (including phenoxy) is 1. The number of hydrogen-bond donors (Lipinski definition) is 1. The molecule has 0 aliphatic rings. The Morgan fingerprint density at radius 1 is 1.07 bits per heavy atom. The number of hydrogen-bond acceptors (Lipinski definition) is 6. The first-order valence-electron chi connectivity index (χ1n) is 8.82. The molecule has 0 aliphatic carbocycles. The zero-order valence-electron chi connectivity index (χ0n) is 15.8. The maximum absolute atomic E-state index is 14.1. The number of halogens is 1. The number of benzene rings is 2. The molecule has 29 heavy (non-hydrogen) atoms. The molecule has 7 heteroatoms. The highest BCUT2D eigenvalue weighted by atomic mass is 19.1. The van der Waals surface area contributed by atoms with E-state index in [9.17, 15) is 4.39 Å². The summed E-state index contributed by atoms with van der Waals surface area (Å²) in [7, 11) is 3.33. The van der Waals surface area contributed by atoms with E-state index in [4.69, 9.17) is 10.00 Å². The normalized spacial score (nSPS) is 10.6. The van der Waals surface area contributed by atoms with E-state index < -0.39 is 5.82 Å². The summed E-state index contributed by atoms with van der Waals surface area (Å²) in [4.78, 5) is 13.4. The van der Waals surface area contributed by atoms with E-state index in [1.807, 2.05) is 24.3 Å². The minimum atomic E-state index is -0.568. The van der Waals surface area contributed by atoms with Crippen LogP contribution in [0.2, 0.25) is 0 Å². The number of methoxy groups -OCH3 is 1. The van der Waals surface area contributed by atoms with Crippen LogP contribution in [0.5, 0.6) is 5.75 Å². The summed E-state index contributed by atoms with van der Waals surface area (Å²) in [5.41, 5.74) is 2.77. The molecule has 6 nitrogen and oxygen atoms in total. The van der Waals surface area contributed by atoms with Crippen LogP contribution < -0.4 is 10.1 Å². The molecule has 142 valence electrons. The van der Waals surface area contributed by atoms with Crippen molar-refractivity contribution in [2.45, 2.75) is 0 Å². The van der Waals surface area contributed by atoms with Crippen molar-refractivity contribution in [1.82, 2.24) is 15.0 Å². The van der Waals surface area contributed by atoms with Crippen LogP contribution >= 0.6 is 0 Å². The van der Waals surface area contributed by atoms with Crippen LogP contribution in [0.1, 0.15) is 5.56 Å². The van der Waals surface area contributed by atoms with Gasteiger partial charge in [0.25, 0.3) is 0 Å². The Balaban J connectivity index is 1.95. The van der Waals surface area contributed by atoms with E-state index >= 15 is 0 Å². The van der Waals surface area contributed by atoms with Crippen molar-refractivity contribution in [3.05, 3.63) is 66.2 Å². The molecular formula is C22H16FN5O. The van der Waals surface area contributed by atoms with Gasteiger partial charge in [0.15, 0.2) is 5.82 Å². The summed E-state index contributed by atoms with van der Waals surface area (Å²) < 4.78 is 19.7. The summed E-state index contributed by atoms with van der Waals surface area (Å²) in [5, 5.41) is 12.8. The van der Waals surface area contributed by atoms with Gasteiger partial charge in [0.2, 0.25) is 0 Å². The molecule has 0 saturated heterocycles. The number of aromatic nitrogens is 3. The van der Waals surface area contributed by atoms with Crippen molar-refractivity contribution >= 4 is 16.7 Å². The highest BCUT2D eigenvalue weighted by Gasteiger charge is 2.15. The molecule has 2 heterocycles. The van der Waals surface area contributed by atoms with E-state index in [-0.39, 0.29) is 5.56 Å². The summed E-state index contributed by atoms with van der Waals surface area (Å²) in [5.74, 6) is 1.10. The third kappa shape index (κ3) is 3.32. The van der Waals surface area contributed by atoms with Gasteiger partial charge in [-0.2, -0.15) is 5.26 Å². The molecule has 0 bridgehead atoms. The molecule has 1 N–H and O–H groups in total. The van der Waals surface area contributed by atoms with Crippen LogP contribution in [0.25, 0.3) is 33.4 Å². The van der Waals surface area contributed by atoms with Gasteiger partial charge in [-0.05, 0) is 47.5 Å². The van der Waals surface area contributed by atoms with Crippen LogP contribution in [-0.2, 0) is 0 Å². The van der Waals surface area contributed by atoms with Gasteiger partial charge < -0.3 is 10.1 Å². The van der Waals surface area contributed by atoms with Crippen molar-refractivity contribution in [3.8, 4) is 34.3 Å². The largest absolute Gasteiger partial charge is 0.494 e. The van der Waals surface area contributed by atoms with Crippen LogP contribution in [0.3, 0.4) is 0 Å². The number of anilines is 1. The van der Waals surface area contributed by atoms with Gasteiger partial charge in [-0.1, -0.05) is 6.07 Å². The van der Waals surface area contributed by atoms with E-state index in [1.165, 1.54) is 12.1 Å². The molecular weight excluding hydrogens is 369 g/mol. The Morgan fingerprint density at radius 2 is 1.93 bits per heavy atom. The standard InChI is InChI=1S/C22H16FN5O/c1-25-22-17-8-16(13-5-6-14(11-24)18(23)9-13)10-19(29-2)20(17)27-21(28-22)15-4-3-7-26-12-15/h3-10,12H,1-2H3,(H,25,27,28). The maximum Gasteiger partial charge on any atom is 0.163 e. The number of nitrogens with zero attached hydrogens (tertiary/aromatic N) is 4. The first-order chi connectivity index (χ1) is 14.1. The van der Waals surface area contributed by atoms with E-state index in [2.05, 4.69) is 20.3 Å². The molecule has 0 fully saturated rings. The van der Waals surface area contributed by atoms with Crippen LogP contribution in [0.15, 0.2) is 54.9 Å². The summed E-state index contributed by atoms with van der Waals surface area (Å²) in [6.07, 6.45) is 3.38. The highest BCUT2D eigenvalue weighted by molar-refractivity contribution is 5.97. The lowest BCUT2D eigenvalue weighted by atomic mass is 10.0. The highest BCUT2D eigenvalue weighted by Crippen LogP contribution is 2.36. The average Bonchev–Trinajstić information content (AvgIpc) is 2.78. The van der Waals surface area contributed by atoms with Crippen molar-refractivity contribution in [2.24, 2.45) is 0 Å². The molecule has 0 saturated carbocycles. The molecule has 0 amide bonds. The van der Waals surface area contributed by atoms with E-state index in [1.54, 1.807) is 38.7 Å². The topological polar surface area (TPSA) is 83.7 Å². The fourth-order valence-electron chi connectivity index (χ4n) is 3.12. The first kappa shape index (κ1) is 18.3. The molecule has 0 unspecified atom stereocenters. The predicted molar refractivity (Wildman–Crippen MR) is 109 cm³/mol. The van der Waals surface area contributed by atoms with Gasteiger partial charge >= 0.3 is 0 Å². The van der Waals surface area contributed by atoms with E-state index in [0.29, 0.717) is 28.5 Å². The van der Waals surface area contributed by atoms with Crippen LogP contribution in [-0.4, -0.2) is 29.1 Å². The van der Waals surface area contributed by atoms with Crippen LogP contribution in [0.4, 0.5) is 10.2 Å². The zero-order chi connectivity index (χ0) is 20.4. The van der Waals surface area contributed by atoms with Gasteiger partial charge in [0, 0.05) is 30.4 Å². The minimum absolute atomic E-state index is 0.00173. The monoisotopic (exact) mass is 385 g/mol. The Morgan fingerprint density at radius 3 is 2.59 bits per heavy atom. The third-order valence-corrected chi connectivity index (χ3v) is 4.56. The molecule has 0 aliphatic heterocycles. The second-order valence-corrected chi connectivity index (χ2v) is 6.27. The molecule has 0 spiro atoms. The number of nitriles is 1. The lowest BCUT2D eigenvalue weighted by molar-refractivity contribution is 0.419. The quantitative estimate of drug-likeness (QED) is 0.560. The molecule has 4 rings (SSSR count). The SMILES string of the molecule is CNc1nc(-c2cccnc2)nc2c(OC)cc(-c3ccc(C#N)c(F)c3)cc12. The van der Waals surface area contributed by atoms with Crippen LogP contribution in [0, 0.1) is 17.1 Å². The van der Waals surface area contributed by atoms with Gasteiger partial charge in [-0.25, -0.2) is 14.4 Å². The van der Waals surface area contributed by atoms with Crippen molar-refractivity contribution in [3.63, 3.8) is 0 Å². The Kier molecular flexibility index (Phi) is 4.75. The Labute approximate surface area is 166 Å². The summed E-state index contributed by atoms with van der Waals surface area (Å²) >= 11 is 0. The first-order valence-corrected chi connectivity index (χ1v) is 8.82. The minimum Gasteiger partial charge on any atom is -0.494 e. The number of pyridine rings is 1. The molecule has 0 radical (unpaired) electrons. The lowest BCUT2D eigenvalue weighted by Crippen LogP contribution is -2.01.